The monoisotopic (exact) mass is 436 g/mol. The van der Waals surface area contributed by atoms with Gasteiger partial charge in [0.05, 0.1) is 7.11 Å². The summed E-state index contributed by atoms with van der Waals surface area (Å²) in [5.41, 5.74) is 2.16. The van der Waals surface area contributed by atoms with Crippen LogP contribution < -0.4 is 10.1 Å². The third-order valence-corrected chi connectivity index (χ3v) is 6.52. The third kappa shape index (κ3) is 5.41. The predicted molar refractivity (Wildman–Crippen MR) is 124 cm³/mol. The van der Waals surface area contributed by atoms with Gasteiger partial charge in [0.1, 0.15) is 11.6 Å². The normalized spacial score (nSPS) is 14.5. The zero-order chi connectivity index (χ0) is 21.6. The molecule has 0 saturated carbocycles. The topological polar surface area (TPSA) is 67.3 Å². The number of carbonyl (C=O) groups excluding carboxylic acids is 1. The maximum atomic E-state index is 12.7. The molecule has 6 nitrogen and oxygen atoms in total. The number of thiazole rings is 1. The lowest BCUT2D eigenvalue weighted by molar-refractivity contribution is -0.132. The zero-order valence-electron chi connectivity index (χ0n) is 18.0. The highest BCUT2D eigenvalue weighted by atomic mass is 32.1. The summed E-state index contributed by atoms with van der Waals surface area (Å²) < 4.78 is 5.39. The molecule has 1 aliphatic heterocycles. The summed E-state index contributed by atoms with van der Waals surface area (Å²) in [5, 5.41) is 4.15. The van der Waals surface area contributed by atoms with E-state index in [2.05, 4.69) is 16.4 Å². The Morgan fingerprint density at radius 1 is 1.19 bits per heavy atom. The van der Waals surface area contributed by atoms with E-state index >= 15 is 0 Å². The third-order valence-electron chi connectivity index (χ3n) is 5.69. The minimum absolute atomic E-state index is 0.215. The number of piperidine rings is 1. The molecule has 1 aromatic carbocycles. The van der Waals surface area contributed by atoms with E-state index in [4.69, 9.17) is 9.72 Å². The number of likely N-dealkylation sites (tertiary alicyclic amines) is 1. The average molecular weight is 437 g/mol. The Bertz CT molecular complexity index is 1030. The molecule has 1 amide bonds. The largest absolute Gasteiger partial charge is 0.496 e. The number of anilines is 2. The minimum Gasteiger partial charge on any atom is -0.496 e. The van der Waals surface area contributed by atoms with Crippen molar-refractivity contribution < 1.29 is 9.53 Å². The summed E-state index contributed by atoms with van der Waals surface area (Å²) in [4.78, 5) is 25.0. The smallest absolute Gasteiger partial charge is 0.222 e. The zero-order valence-corrected chi connectivity index (χ0v) is 18.8. The van der Waals surface area contributed by atoms with E-state index in [1.54, 1.807) is 18.4 Å². The van der Waals surface area contributed by atoms with Gasteiger partial charge in [-0.1, -0.05) is 24.3 Å². The van der Waals surface area contributed by atoms with E-state index in [0.29, 0.717) is 18.8 Å². The van der Waals surface area contributed by atoms with Gasteiger partial charge in [-0.05, 0) is 49.9 Å². The molecule has 0 aliphatic carbocycles. The van der Waals surface area contributed by atoms with E-state index in [-0.39, 0.29) is 5.91 Å². The molecule has 1 saturated heterocycles. The standard InChI is InChI=1S/C24H28N4O2S/c1-17-16-25-24(31-17)27-22-9-5-7-20(26-22)18-12-14-28(15-13-18)23(29)11-10-19-6-3-4-8-21(19)30-2/h3-9,16,18H,10-15H2,1-2H3,(H,25,26,27). The van der Waals surface area contributed by atoms with Crippen LogP contribution in [0.5, 0.6) is 5.75 Å². The van der Waals surface area contributed by atoms with E-state index in [1.807, 2.05) is 54.4 Å². The number of aromatic nitrogens is 2. The molecular weight excluding hydrogens is 408 g/mol. The van der Waals surface area contributed by atoms with Crippen LogP contribution in [-0.4, -0.2) is 41.0 Å². The number of rotatable bonds is 7. The number of benzene rings is 1. The average Bonchev–Trinajstić information content (AvgIpc) is 3.22. The highest BCUT2D eigenvalue weighted by Gasteiger charge is 2.24. The predicted octanol–water partition coefficient (Wildman–Crippen LogP) is 4.94. The van der Waals surface area contributed by atoms with Gasteiger partial charge in [0, 0.05) is 42.2 Å². The Morgan fingerprint density at radius 2 is 2.00 bits per heavy atom. The van der Waals surface area contributed by atoms with Crippen molar-refractivity contribution in [3.05, 3.63) is 64.8 Å². The Kier molecular flexibility index (Phi) is 6.82. The number of aryl methyl sites for hydroxylation is 2. The fourth-order valence-electron chi connectivity index (χ4n) is 4.00. The van der Waals surface area contributed by atoms with E-state index in [9.17, 15) is 4.79 Å². The molecule has 3 heterocycles. The van der Waals surface area contributed by atoms with Crippen LogP contribution in [0.2, 0.25) is 0 Å². The number of amides is 1. The van der Waals surface area contributed by atoms with E-state index in [0.717, 1.165) is 53.9 Å². The summed E-state index contributed by atoms with van der Waals surface area (Å²) in [7, 11) is 1.67. The van der Waals surface area contributed by atoms with Crippen LogP contribution in [0.1, 0.15) is 41.3 Å². The van der Waals surface area contributed by atoms with Crippen LogP contribution in [0.3, 0.4) is 0 Å². The Labute approximate surface area is 187 Å². The first-order valence-corrected chi connectivity index (χ1v) is 11.5. The van der Waals surface area contributed by atoms with Gasteiger partial charge in [-0.3, -0.25) is 4.79 Å². The Balaban J connectivity index is 1.30. The lowest BCUT2D eigenvalue weighted by Gasteiger charge is -2.32. The first kappa shape index (κ1) is 21.3. The quantitative estimate of drug-likeness (QED) is 0.568. The van der Waals surface area contributed by atoms with Gasteiger partial charge >= 0.3 is 0 Å². The van der Waals surface area contributed by atoms with Crippen LogP contribution >= 0.6 is 11.3 Å². The molecule has 1 aliphatic rings. The molecule has 0 spiro atoms. The van der Waals surface area contributed by atoms with Gasteiger partial charge < -0.3 is 15.0 Å². The van der Waals surface area contributed by atoms with Gasteiger partial charge in [-0.2, -0.15) is 0 Å². The van der Waals surface area contributed by atoms with Crippen LogP contribution in [0.4, 0.5) is 10.9 Å². The second-order valence-corrected chi connectivity index (χ2v) is 9.05. The van der Waals surface area contributed by atoms with Crippen molar-refractivity contribution in [1.29, 1.82) is 0 Å². The molecule has 0 radical (unpaired) electrons. The van der Waals surface area contributed by atoms with Crippen LogP contribution in [0, 0.1) is 6.92 Å². The highest BCUT2D eigenvalue weighted by molar-refractivity contribution is 7.15. The molecule has 31 heavy (non-hydrogen) atoms. The molecule has 4 rings (SSSR count). The molecule has 1 N–H and O–H groups in total. The van der Waals surface area contributed by atoms with Crippen molar-refractivity contribution in [2.24, 2.45) is 0 Å². The van der Waals surface area contributed by atoms with Crippen LogP contribution in [0.15, 0.2) is 48.7 Å². The maximum absolute atomic E-state index is 12.7. The summed E-state index contributed by atoms with van der Waals surface area (Å²) in [6, 6.07) is 14.0. The lowest BCUT2D eigenvalue weighted by atomic mass is 9.92. The number of hydrogen-bond donors (Lipinski definition) is 1. The number of carbonyl (C=O) groups is 1. The van der Waals surface area contributed by atoms with Gasteiger partial charge in [0.15, 0.2) is 5.13 Å². The maximum Gasteiger partial charge on any atom is 0.222 e. The van der Waals surface area contributed by atoms with Crippen molar-refractivity contribution in [3.8, 4) is 5.75 Å². The van der Waals surface area contributed by atoms with Crippen molar-refractivity contribution in [2.45, 2.75) is 38.5 Å². The summed E-state index contributed by atoms with van der Waals surface area (Å²) in [5.74, 6) is 2.26. The molecule has 3 aromatic rings. The Hall–Kier alpha value is -2.93. The SMILES string of the molecule is COc1ccccc1CCC(=O)N1CCC(c2cccc(Nc3ncc(C)s3)n2)CC1. The van der Waals surface area contributed by atoms with Crippen LogP contribution in [0.25, 0.3) is 0 Å². The second kappa shape index (κ2) is 9.92. The van der Waals surface area contributed by atoms with E-state index in [1.165, 1.54) is 4.88 Å². The fourth-order valence-corrected chi connectivity index (χ4v) is 4.68. The minimum atomic E-state index is 0.215. The van der Waals surface area contributed by atoms with Gasteiger partial charge in [-0.15, -0.1) is 11.3 Å². The molecule has 0 bridgehead atoms. The van der Waals surface area contributed by atoms with Crippen molar-refractivity contribution >= 4 is 28.2 Å². The van der Waals surface area contributed by atoms with Crippen LogP contribution in [-0.2, 0) is 11.2 Å². The first-order valence-electron chi connectivity index (χ1n) is 10.7. The molecule has 0 unspecified atom stereocenters. The van der Waals surface area contributed by atoms with Crippen molar-refractivity contribution in [3.63, 3.8) is 0 Å². The summed E-state index contributed by atoms with van der Waals surface area (Å²) in [6.07, 6.45) is 4.95. The number of hydrogen-bond acceptors (Lipinski definition) is 6. The van der Waals surface area contributed by atoms with Crippen molar-refractivity contribution in [2.75, 3.05) is 25.5 Å². The number of pyridine rings is 1. The number of methoxy groups -OCH3 is 1. The lowest BCUT2D eigenvalue weighted by Crippen LogP contribution is -2.38. The summed E-state index contributed by atoms with van der Waals surface area (Å²) in [6.45, 7) is 3.60. The number of nitrogens with zero attached hydrogens (tertiary/aromatic N) is 3. The van der Waals surface area contributed by atoms with E-state index < -0.39 is 0 Å². The molecule has 2 aromatic heterocycles. The number of nitrogens with one attached hydrogen (secondary N) is 1. The van der Waals surface area contributed by atoms with Gasteiger partial charge in [-0.25, -0.2) is 9.97 Å². The van der Waals surface area contributed by atoms with Crippen molar-refractivity contribution in [1.82, 2.24) is 14.9 Å². The molecular formula is C24H28N4O2S. The molecule has 1 fully saturated rings. The fraction of sp³-hybridized carbons (Fsp3) is 0.375. The van der Waals surface area contributed by atoms with Gasteiger partial charge in [0.2, 0.25) is 5.91 Å². The summed E-state index contributed by atoms with van der Waals surface area (Å²) >= 11 is 1.62. The Morgan fingerprint density at radius 3 is 2.74 bits per heavy atom. The highest BCUT2D eigenvalue weighted by Crippen LogP contribution is 2.29. The number of ether oxygens (including phenoxy) is 1. The molecule has 0 atom stereocenters. The number of para-hydroxylation sites is 1. The first-order chi connectivity index (χ1) is 15.1. The van der Waals surface area contributed by atoms with Gasteiger partial charge in [0.25, 0.3) is 0 Å². The molecule has 7 heteroatoms. The molecule has 162 valence electrons. The second-order valence-electron chi connectivity index (χ2n) is 7.82.